The second-order valence-corrected chi connectivity index (χ2v) is 3.26. The van der Waals surface area contributed by atoms with Gasteiger partial charge in [-0.3, -0.25) is 5.32 Å². The molecule has 2 rings (SSSR count). The maximum atomic E-state index is 12.6. The molecule has 4 nitrogen and oxygen atoms in total. The number of esters is 1. The molecule has 1 aliphatic heterocycles. The quantitative estimate of drug-likeness (QED) is 0.542. The first-order chi connectivity index (χ1) is 7.25. The first-order valence-corrected chi connectivity index (χ1v) is 4.67. The number of hydrogen-bond donors (Lipinski definition) is 2. The van der Waals surface area contributed by atoms with E-state index in [1.54, 1.807) is 0 Å². The molecule has 0 saturated carbocycles. The molecule has 0 amide bonds. The summed E-state index contributed by atoms with van der Waals surface area (Å²) in [5, 5.41) is 5.90. The Labute approximate surface area is 86.4 Å². The minimum absolute atomic E-state index is 0.324. The smallest absolute Gasteiger partial charge is 0.329 e. The SMILES string of the molecule is O=C(Oc1ccc(F)cc1)C1CNCN1. The summed E-state index contributed by atoms with van der Waals surface area (Å²) in [5.74, 6) is -0.350. The summed E-state index contributed by atoms with van der Waals surface area (Å²) in [5.41, 5.74) is 0. The van der Waals surface area contributed by atoms with Gasteiger partial charge < -0.3 is 10.1 Å². The van der Waals surface area contributed by atoms with Crippen LogP contribution in [-0.2, 0) is 4.79 Å². The zero-order valence-corrected chi connectivity index (χ0v) is 8.00. The number of carbonyl (C=O) groups excluding carboxylic acids is 1. The van der Waals surface area contributed by atoms with E-state index in [1.807, 2.05) is 0 Å². The van der Waals surface area contributed by atoms with Gasteiger partial charge in [-0.05, 0) is 24.3 Å². The lowest BCUT2D eigenvalue weighted by Crippen LogP contribution is -2.36. The average Bonchev–Trinajstić information content (AvgIpc) is 2.74. The Kier molecular flexibility index (Phi) is 2.94. The van der Waals surface area contributed by atoms with Gasteiger partial charge >= 0.3 is 5.97 Å². The third kappa shape index (κ3) is 2.51. The fraction of sp³-hybridized carbons (Fsp3) is 0.300. The maximum Gasteiger partial charge on any atom is 0.329 e. The van der Waals surface area contributed by atoms with Crippen molar-refractivity contribution < 1.29 is 13.9 Å². The molecule has 0 bridgehead atoms. The molecule has 1 fully saturated rings. The molecule has 15 heavy (non-hydrogen) atoms. The number of nitrogens with one attached hydrogen (secondary N) is 2. The van der Waals surface area contributed by atoms with E-state index >= 15 is 0 Å². The fourth-order valence-corrected chi connectivity index (χ4v) is 1.34. The van der Waals surface area contributed by atoms with Crippen molar-refractivity contribution in [2.75, 3.05) is 13.2 Å². The Morgan fingerprint density at radius 2 is 2.13 bits per heavy atom. The van der Waals surface area contributed by atoms with Crippen LogP contribution >= 0.6 is 0 Å². The van der Waals surface area contributed by atoms with Crippen LogP contribution in [0, 0.1) is 5.82 Å². The van der Waals surface area contributed by atoms with Crippen molar-refractivity contribution in [2.45, 2.75) is 6.04 Å². The Bertz CT molecular complexity index is 347. The fourth-order valence-electron chi connectivity index (χ4n) is 1.34. The molecular weight excluding hydrogens is 199 g/mol. The Hall–Kier alpha value is -1.46. The molecule has 1 aromatic carbocycles. The number of rotatable bonds is 2. The maximum absolute atomic E-state index is 12.6. The van der Waals surface area contributed by atoms with Crippen molar-refractivity contribution in [1.29, 1.82) is 0 Å². The lowest BCUT2D eigenvalue weighted by molar-refractivity contribution is -0.136. The highest BCUT2D eigenvalue weighted by Gasteiger charge is 2.23. The van der Waals surface area contributed by atoms with Crippen molar-refractivity contribution in [2.24, 2.45) is 0 Å². The molecule has 0 radical (unpaired) electrons. The van der Waals surface area contributed by atoms with Crippen molar-refractivity contribution in [1.82, 2.24) is 10.6 Å². The van der Waals surface area contributed by atoms with Gasteiger partial charge in [-0.1, -0.05) is 0 Å². The second kappa shape index (κ2) is 4.37. The van der Waals surface area contributed by atoms with Crippen LogP contribution in [0.1, 0.15) is 0 Å². The zero-order valence-electron chi connectivity index (χ0n) is 8.00. The summed E-state index contributed by atoms with van der Waals surface area (Å²) in [7, 11) is 0. The topological polar surface area (TPSA) is 50.4 Å². The van der Waals surface area contributed by atoms with Crippen molar-refractivity contribution in [3.8, 4) is 5.75 Å². The molecule has 1 saturated heterocycles. The van der Waals surface area contributed by atoms with Crippen LogP contribution < -0.4 is 15.4 Å². The number of ether oxygens (including phenoxy) is 1. The van der Waals surface area contributed by atoms with Crippen LogP contribution in [-0.4, -0.2) is 25.2 Å². The second-order valence-electron chi connectivity index (χ2n) is 3.26. The molecule has 2 N–H and O–H groups in total. The zero-order chi connectivity index (χ0) is 10.7. The van der Waals surface area contributed by atoms with Gasteiger partial charge in [0.05, 0.1) is 0 Å². The van der Waals surface area contributed by atoms with E-state index in [4.69, 9.17) is 4.74 Å². The number of hydrogen-bond acceptors (Lipinski definition) is 4. The van der Waals surface area contributed by atoms with E-state index in [9.17, 15) is 9.18 Å². The highest BCUT2D eigenvalue weighted by molar-refractivity contribution is 5.78. The van der Waals surface area contributed by atoms with Gasteiger partial charge in [-0.2, -0.15) is 0 Å². The third-order valence-corrected chi connectivity index (χ3v) is 2.14. The lowest BCUT2D eigenvalue weighted by atomic mass is 10.3. The van der Waals surface area contributed by atoms with Gasteiger partial charge in [0.25, 0.3) is 0 Å². The Morgan fingerprint density at radius 1 is 1.40 bits per heavy atom. The lowest BCUT2D eigenvalue weighted by Gasteiger charge is -2.08. The van der Waals surface area contributed by atoms with Gasteiger partial charge in [-0.25, -0.2) is 9.18 Å². The van der Waals surface area contributed by atoms with Gasteiger partial charge in [0, 0.05) is 13.2 Å². The van der Waals surface area contributed by atoms with Crippen LogP contribution in [0.2, 0.25) is 0 Å². The van der Waals surface area contributed by atoms with Crippen molar-refractivity contribution in [3.05, 3.63) is 30.1 Å². The molecule has 0 spiro atoms. The summed E-state index contributed by atoms with van der Waals surface area (Å²) in [4.78, 5) is 11.5. The average molecular weight is 210 g/mol. The third-order valence-electron chi connectivity index (χ3n) is 2.14. The van der Waals surface area contributed by atoms with Gasteiger partial charge in [0.2, 0.25) is 0 Å². The van der Waals surface area contributed by atoms with Gasteiger partial charge in [0.15, 0.2) is 0 Å². The minimum atomic E-state index is -0.355. The summed E-state index contributed by atoms with van der Waals surface area (Å²) < 4.78 is 17.6. The van der Waals surface area contributed by atoms with Gasteiger partial charge in [0.1, 0.15) is 17.6 Å². The number of halogens is 1. The van der Waals surface area contributed by atoms with Crippen molar-refractivity contribution in [3.63, 3.8) is 0 Å². The summed E-state index contributed by atoms with van der Waals surface area (Å²) >= 11 is 0. The highest BCUT2D eigenvalue weighted by atomic mass is 19.1. The summed E-state index contributed by atoms with van der Waals surface area (Å²) in [6.07, 6.45) is 0. The Balaban J connectivity index is 1.96. The number of benzene rings is 1. The highest BCUT2D eigenvalue weighted by Crippen LogP contribution is 2.11. The van der Waals surface area contributed by atoms with E-state index < -0.39 is 0 Å². The molecular formula is C10H11FN2O2. The predicted molar refractivity (Wildman–Crippen MR) is 51.8 cm³/mol. The predicted octanol–water partition coefficient (Wildman–Crippen LogP) is 0.250. The van der Waals surface area contributed by atoms with Crippen LogP contribution in [0.15, 0.2) is 24.3 Å². The van der Waals surface area contributed by atoms with Crippen LogP contribution in [0.4, 0.5) is 4.39 Å². The van der Waals surface area contributed by atoms with E-state index in [1.165, 1.54) is 24.3 Å². The molecule has 5 heteroatoms. The van der Waals surface area contributed by atoms with Crippen LogP contribution in [0.25, 0.3) is 0 Å². The molecule has 1 heterocycles. The first kappa shape index (κ1) is 10.1. The first-order valence-electron chi connectivity index (χ1n) is 4.67. The van der Waals surface area contributed by atoms with Crippen molar-refractivity contribution >= 4 is 5.97 Å². The largest absolute Gasteiger partial charge is 0.425 e. The van der Waals surface area contributed by atoms with Crippen LogP contribution in [0.3, 0.4) is 0 Å². The minimum Gasteiger partial charge on any atom is -0.425 e. The van der Waals surface area contributed by atoms with Crippen LogP contribution in [0.5, 0.6) is 5.75 Å². The van der Waals surface area contributed by atoms with E-state index in [0.717, 1.165) is 0 Å². The Morgan fingerprint density at radius 3 is 2.73 bits per heavy atom. The summed E-state index contributed by atoms with van der Waals surface area (Å²) in [6.45, 7) is 1.16. The van der Waals surface area contributed by atoms with E-state index in [2.05, 4.69) is 10.6 Å². The molecule has 1 aliphatic rings. The molecule has 1 atom stereocenters. The summed E-state index contributed by atoms with van der Waals surface area (Å²) in [6, 6.07) is 5.03. The number of carbonyl (C=O) groups is 1. The van der Waals surface area contributed by atoms with E-state index in [0.29, 0.717) is 19.0 Å². The molecule has 0 aliphatic carbocycles. The molecule has 1 aromatic rings. The normalized spacial score (nSPS) is 20.2. The van der Waals surface area contributed by atoms with Gasteiger partial charge in [-0.15, -0.1) is 0 Å². The molecule has 1 unspecified atom stereocenters. The molecule has 0 aromatic heterocycles. The standard InChI is InChI=1S/C10H11FN2O2/c11-7-1-3-8(4-2-7)15-10(14)9-5-12-6-13-9/h1-4,9,12-13H,5-6H2. The monoisotopic (exact) mass is 210 g/mol. The molecule has 80 valence electrons. The van der Waals surface area contributed by atoms with E-state index in [-0.39, 0.29) is 17.8 Å².